The maximum absolute atomic E-state index is 9.55. The van der Waals surface area contributed by atoms with E-state index >= 15 is 0 Å². The van der Waals surface area contributed by atoms with Gasteiger partial charge < -0.3 is 20.4 Å². The van der Waals surface area contributed by atoms with Crippen molar-refractivity contribution in [2.75, 3.05) is 0 Å². The molecule has 0 spiro atoms. The van der Waals surface area contributed by atoms with Gasteiger partial charge in [-0.2, -0.15) is 0 Å². The van der Waals surface area contributed by atoms with Crippen molar-refractivity contribution >= 4 is 113 Å². The Morgan fingerprint density at radius 3 is 0.632 bits per heavy atom. The number of carbonyl (C=O) groups is 4. The fourth-order valence-electron chi connectivity index (χ4n) is 0.285. The largest absolute Gasteiger partial charge is 0.478 e. The van der Waals surface area contributed by atoms with Gasteiger partial charge >= 0.3 is 23.9 Å². The molecule has 8 nitrogen and oxygen atoms in total. The standard InChI is InChI=1S/2C4H4O4.3Na/c2*5-3(6)1-2-4(7)8;;;/h2*1-2H,(H,5,6)(H,7,8);;;. The molecule has 0 fully saturated rings. The van der Waals surface area contributed by atoms with E-state index in [4.69, 9.17) is 20.4 Å². The molecule has 0 aliphatic rings. The van der Waals surface area contributed by atoms with Gasteiger partial charge in [0, 0.05) is 113 Å². The molecule has 0 aromatic rings. The predicted molar refractivity (Wildman–Crippen MR) is 66.1 cm³/mol. The fourth-order valence-corrected chi connectivity index (χ4v) is 0.285. The quantitative estimate of drug-likeness (QED) is 0.354. The van der Waals surface area contributed by atoms with Crippen molar-refractivity contribution in [1.82, 2.24) is 0 Å². The molecule has 0 saturated heterocycles. The predicted octanol–water partition coefficient (Wildman–Crippen LogP) is -1.72. The second-order valence-corrected chi connectivity index (χ2v) is 2.02. The van der Waals surface area contributed by atoms with Crippen LogP contribution < -0.4 is 0 Å². The summed E-state index contributed by atoms with van der Waals surface area (Å²) in [5.41, 5.74) is 0. The molecule has 0 aromatic carbocycles. The summed E-state index contributed by atoms with van der Waals surface area (Å²) < 4.78 is 0. The van der Waals surface area contributed by atoms with Gasteiger partial charge in [0.2, 0.25) is 0 Å². The van der Waals surface area contributed by atoms with E-state index in [1.54, 1.807) is 0 Å². The topological polar surface area (TPSA) is 149 Å². The maximum atomic E-state index is 9.55. The monoisotopic (exact) mass is 301 g/mol. The van der Waals surface area contributed by atoms with E-state index in [0.29, 0.717) is 24.3 Å². The third-order valence-electron chi connectivity index (χ3n) is 0.737. The van der Waals surface area contributed by atoms with E-state index in [1.807, 2.05) is 0 Å². The molecule has 0 rings (SSSR count). The summed E-state index contributed by atoms with van der Waals surface area (Å²) in [6, 6.07) is 0. The molecule has 3 radical (unpaired) electrons. The van der Waals surface area contributed by atoms with Crippen LogP contribution in [0.5, 0.6) is 0 Å². The molecule has 0 saturated carbocycles. The van der Waals surface area contributed by atoms with E-state index in [1.165, 1.54) is 0 Å². The minimum atomic E-state index is -1.26. The van der Waals surface area contributed by atoms with Crippen LogP contribution in [-0.2, 0) is 19.2 Å². The zero-order valence-corrected chi connectivity index (χ0v) is 16.7. The summed E-state index contributed by atoms with van der Waals surface area (Å²) >= 11 is 0. The Labute approximate surface area is 174 Å². The first-order valence-electron chi connectivity index (χ1n) is 3.53. The molecule has 0 heterocycles. The molecule has 0 aliphatic carbocycles. The van der Waals surface area contributed by atoms with Crippen molar-refractivity contribution < 1.29 is 39.6 Å². The Balaban J connectivity index is -0.0000000594. The number of aliphatic carboxylic acids is 4. The molecule has 0 aromatic heterocycles. The molecule has 0 bridgehead atoms. The zero-order valence-electron chi connectivity index (χ0n) is 10.7. The maximum Gasteiger partial charge on any atom is 0.328 e. The molecule has 0 aliphatic heterocycles. The van der Waals surface area contributed by atoms with Crippen LogP contribution in [0, 0.1) is 0 Å². The molecule has 4 N–H and O–H groups in total. The van der Waals surface area contributed by atoms with Crippen molar-refractivity contribution in [2.24, 2.45) is 0 Å². The third kappa shape index (κ3) is 45.8. The second kappa shape index (κ2) is 20.7. The first-order valence-corrected chi connectivity index (χ1v) is 3.53. The van der Waals surface area contributed by atoms with Gasteiger partial charge in [-0.15, -0.1) is 0 Å². The summed E-state index contributed by atoms with van der Waals surface area (Å²) in [5, 5.41) is 31.2. The van der Waals surface area contributed by atoms with Crippen molar-refractivity contribution in [3.8, 4) is 0 Å². The Morgan fingerprint density at radius 2 is 0.579 bits per heavy atom. The van der Waals surface area contributed by atoms with Gasteiger partial charge in [0.25, 0.3) is 0 Å². The van der Waals surface area contributed by atoms with Crippen LogP contribution in [0.2, 0.25) is 0 Å². The Kier molecular flexibility index (Phi) is 34.4. The Hall–Kier alpha value is 0.360. The SMILES string of the molecule is O=C(O)C=CC(=O)O.O=C(O)C=CC(=O)O.[Na].[Na].[Na]. The molecule has 11 heteroatoms. The molecular formula is C8H8Na3O8. The first-order chi connectivity index (χ1) is 7.25. The van der Waals surface area contributed by atoms with Gasteiger partial charge in [-0.1, -0.05) is 0 Å². The van der Waals surface area contributed by atoms with Gasteiger partial charge in [0.05, 0.1) is 0 Å². The Bertz CT molecular complexity index is 284. The van der Waals surface area contributed by atoms with Crippen LogP contribution in [0.4, 0.5) is 0 Å². The summed E-state index contributed by atoms with van der Waals surface area (Å²) in [6.45, 7) is 0. The molecule has 91 valence electrons. The average Bonchev–Trinajstić information content (AvgIpc) is 2.12. The van der Waals surface area contributed by atoms with Crippen LogP contribution in [-0.4, -0.2) is 133 Å². The molecule has 0 amide bonds. The molecule has 0 atom stereocenters. The van der Waals surface area contributed by atoms with E-state index in [-0.39, 0.29) is 88.7 Å². The summed E-state index contributed by atoms with van der Waals surface area (Å²) in [5.74, 6) is -5.03. The Morgan fingerprint density at radius 1 is 0.474 bits per heavy atom. The van der Waals surface area contributed by atoms with Crippen molar-refractivity contribution in [3.05, 3.63) is 24.3 Å². The third-order valence-corrected chi connectivity index (χ3v) is 0.737. The fraction of sp³-hybridized carbons (Fsp3) is 0. The summed E-state index contributed by atoms with van der Waals surface area (Å²) in [4.78, 5) is 38.2. The average molecular weight is 301 g/mol. The summed E-state index contributed by atoms with van der Waals surface area (Å²) in [7, 11) is 0. The number of carboxylic acids is 4. The first kappa shape index (κ1) is 31.6. The smallest absolute Gasteiger partial charge is 0.328 e. The van der Waals surface area contributed by atoms with Crippen LogP contribution in [0.25, 0.3) is 0 Å². The normalized spacial score (nSPS) is 8.00. The van der Waals surface area contributed by atoms with Crippen LogP contribution in [0.15, 0.2) is 24.3 Å². The van der Waals surface area contributed by atoms with E-state index < -0.39 is 23.9 Å². The van der Waals surface area contributed by atoms with Gasteiger partial charge in [0.15, 0.2) is 0 Å². The summed E-state index contributed by atoms with van der Waals surface area (Å²) in [6.07, 6.45) is 2.23. The molecular weight excluding hydrogens is 293 g/mol. The van der Waals surface area contributed by atoms with Crippen LogP contribution >= 0.6 is 0 Å². The van der Waals surface area contributed by atoms with Gasteiger partial charge in [-0.25, -0.2) is 19.2 Å². The molecule has 0 unspecified atom stereocenters. The zero-order chi connectivity index (χ0) is 13.1. The van der Waals surface area contributed by atoms with E-state index in [0.717, 1.165) is 0 Å². The number of rotatable bonds is 4. The van der Waals surface area contributed by atoms with E-state index in [9.17, 15) is 19.2 Å². The number of hydrogen-bond acceptors (Lipinski definition) is 4. The van der Waals surface area contributed by atoms with Crippen LogP contribution in [0.1, 0.15) is 0 Å². The number of hydrogen-bond donors (Lipinski definition) is 4. The second-order valence-electron chi connectivity index (χ2n) is 2.02. The minimum absolute atomic E-state index is 0. The van der Waals surface area contributed by atoms with Crippen molar-refractivity contribution in [1.29, 1.82) is 0 Å². The minimum Gasteiger partial charge on any atom is -0.478 e. The van der Waals surface area contributed by atoms with Crippen molar-refractivity contribution in [2.45, 2.75) is 0 Å². The van der Waals surface area contributed by atoms with E-state index in [2.05, 4.69) is 0 Å². The number of carboxylic acid groups (broad SMARTS) is 4. The van der Waals surface area contributed by atoms with Gasteiger partial charge in [-0.3, -0.25) is 0 Å². The van der Waals surface area contributed by atoms with Gasteiger partial charge in [-0.05, 0) is 0 Å². The van der Waals surface area contributed by atoms with Crippen LogP contribution in [0.3, 0.4) is 0 Å². The van der Waals surface area contributed by atoms with Gasteiger partial charge in [0.1, 0.15) is 0 Å². The molecule has 19 heavy (non-hydrogen) atoms. The van der Waals surface area contributed by atoms with Crippen molar-refractivity contribution in [3.63, 3.8) is 0 Å².